The van der Waals surface area contributed by atoms with Gasteiger partial charge in [0.2, 0.25) is 5.91 Å². The molecule has 1 fully saturated rings. The van der Waals surface area contributed by atoms with Gasteiger partial charge >= 0.3 is 0 Å². The summed E-state index contributed by atoms with van der Waals surface area (Å²) in [4.78, 5) is 24.3. The Morgan fingerprint density at radius 2 is 2.05 bits per heavy atom. The fraction of sp³-hybridized carbons (Fsp3) is 0.357. The van der Waals surface area contributed by atoms with E-state index in [0.29, 0.717) is 24.7 Å². The second kappa shape index (κ2) is 5.05. The van der Waals surface area contributed by atoms with Crippen molar-refractivity contribution in [2.24, 2.45) is 0 Å². The van der Waals surface area contributed by atoms with E-state index in [9.17, 15) is 4.79 Å². The second-order valence-corrected chi connectivity index (χ2v) is 5.07. The minimum Gasteiger partial charge on any atom is -0.383 e. The number of rotatable bonds is 2. The summed E-state index contributed by atoms with van der Waals surface area (Å²) in [6.45, 7) is 2.53. The minimum absolute atomic E-state index is 0.130. The van der Waals surface area contributed by atoms with Gasteiger partial charge in [-0.1, -0.05) is 12.1 Å². The van der Waals surface area contributed by atoms with Crippen molar-refractivity contribution >= 4 is 22.6 Å². The molecule has 1 aromatic heterocycles. The van der Waals surface area contributed by atoms with Crippen molar-refractivity contribution < 1.29 is 4.79 Å². The zero-order chi connectivity index (χ0) is 14.1. The number of nitrogens with zero attached hydrogens (tertiary/aromatic N) is 4. The van der Waals surface area contributed by atoms with Gasteiger partial charge in [0.1, 0.15) is 11.6 Å². The maximum atomic E-state index is 11.7. The molecule has 2 aromatic rings. The number of carbonyl (C=O) groups is 1. The molecule has 1 saturated heterocycles. The molecule has 3 rings (SSSR count). The first-order chi connectivity index (χ1) is 9.63. The van der Waals surface area contributed by atoms with Crippen molar-refractivity contribution in [1.82, 2.24) is 19.8 Å². The monoisotopic (exact) mass is 271 g/mol. The molecule has 6 heteroatoms. The molecule has 0 radical (unpaired) electrons. The zero-order valence-corrected chi connectivity index (χ0v) is 11.4. The number of nitrogen functional groups attached to an aromatic ring is 1. The smallest absolute Gasteiger partial charge is 0.236 e. The first-order valence-electron chi connectivity index (χ1n) is 6.61. The van der Waals surface area contributed by atoms with Gasteiger partial charge in [-0.2, -0.15) is 0 Å². The van der Waals surface area contributed by atoms with Crippen LogP contribution < -0.4 is 5.73 Å². The van der Waals surface area contributed by atoms with E-state index in [0.717, 1.165) is 24.0 Å². The molecule has 1 aliphatic heterocycles. The third-order valence-corrected chi connectivity index (χ3v) is 3.58. The van der Waals surface area contributed by atoms with Crippen LogP contribution in [0.15, 0.2) is 24.3 Å². The number of para-hydroxylation sites is 1. The SMILES string of the molecule is CN1CCN(Cc2nc(N)c3ccccc3n2)CC1=O. The molecule has 6 nitrogen and oxygen atoms in total. The fourth-order valence-electron chi connectivity index (χ4n) is 2.36. The van der Waals surface area contributed by atoms with Gasteiger partial charge in [0.05, 0.1) is 18.6 Å². The Labute approximate surface area is 117 Å². The normalized spacial score (nSPS) is 16.9. The van der Waals surface area contributed by atoms with Crippen LogP contribution in [-0.4, -0.2) is 52.4 Å². The fourth-order valence-corrected chi connectivity index (χ4v) is 2.36. The van der Waals surface area contributed by atoms with Gasteiger partial charge < -0.3 is 10.6 Å². The molecule has 0 spiro atoms. The summed E-state index contributed by atoms with van der Waals surface area (Å²) >= 11 is 0. The van der Waals surface area contributed by atoms with Crippen molar-refractivity contribution in [3.63, 3.8) is 0 Å². The van der Waals surface area contributed by atoms with Gasteiger partial charge in [0, 0.05) is 25.5 Å². The highest BCUT2D eigenvalue weighted by atomic mass is 16.2. The molecule has 0 bridgehead atoms. The van der Waals surface area contributed by atoms with Crippen molar-refractivity contribution in [2.45, 2.75) is 6.54 Å². The molecule has 20 heavy (non-hydrogen) atoms. The average Bonchev–Trinajstić information content (AvgIpc) is 2.43. The molecule has 0 unspecified atom stereocenters. The molecule has 0 aliphatic carbocycles. The van der Waals surface area contributed by atoms with Crippen LogP contribution >= 0.6 is 0 Å². The first kappa shape index (κ1) is 12.8. The van der Waals surface area contributed by atoms with E-state index in [1.54, 1.807) is 4.90 Å². The van der Waals surface area contributed by atoms with E-state index >= 15 is 0 Å². The highest BCUT2D eigenvalue weighted by Gasteiger charge is 2.21. The number of piperazine rings is 1. The van der Waals surface area contributed by atoms with E-state index < -0.39 is 0 Å². The summed E-state index contributed by atoms with van der Waals surface area (Å²) in [6, 6.07) is 7.68. The lowest BCUT2D eigenvalue weighted by molar-refractivity contribution is -0.134. The first-order valence-corrected chi connectivity index (χ1v) is 6.61. The predicted molar refractivity (Wildman–Crippen MR) is 76.9 cm³/mol. The average molecular weight is 271 g/mol. The van der Waals surface area contributed by atoms with E-state index in [4.69, 9.17) is 5.73 Å². The van der Waals surface area contributed by atoms with Crippen molar-refractivity contribution in [1.29, 1.82) is 0 Å². The molecule has 2 N–H and O–H groups in total. The highest BCUT2D eigenvalue weighted by Crippen LogP contribution is 2.18. The van der Waals surface area contributed by atoms with Gasteiger partial charge in [-0.25, -0.2) is 9.97 Å². The molecular formula is C14H17N5O. The summed E-state index contributed by atoms with van der Waals surface area (Å²) in [6.07, 6.45) is 0. The molecule has 2 heterocycles. The van der Waals surface area contributed by atoms with Crippen LogP contribution in [0.5, 0.6) is 0 Å². The maximum absolute atomic E-state index is 11.7. The Morgan fingerprint density at radius 3 is 2.85 bits per heavy atom. The third-order valence-electron chi connectivity index (χ3n) is 3.58. The Balaban J connectivity index is 1.83. The number of hydrogen-bond acceptors (Lipinski definition) is 5. The molecular weight excluding hydrogens is 254 g/mol. The van der Waals surface area contributed by atoms with Gasteiger partial charge in [-0.05, 0) is 12.1 Å². The topological polar surface area (TPSA) is 75.3 Å². The Hall–Kier alpha value is -2.21. The molecule has 1 amide bonds. The van der Waals surface area contributed by atoms with Crippen LogP contribution in [0.3, 0.4) is 0 Å². The number of nitrogens with two attached hydrogens (primary N) is 1. The number of anilines is 1. The zero-order valence-electron chi connectivity index (χ0n) is 11.4. The highest BCUT2D eigenvalue weighted by molar-refractivity contribution is 5.87. The Bertz CT molecular complexity index is 657. The number of amides is 1. The second-order valence-electron chi connectivity index (χ2n) is 5.07. The quantitative estimate of drug-likeness (QED) is 0.860. The minimum atomic E-state index is 0.130. The number of aromatic nitrogens is 2. The van der Waals surface area contributed by atoms with Crippen LogP contribution in [0.4, 0.5) is 5.82 Å². The van der Waals surface area contributed by atoms with Gasteiger partial charge in [-0.15, -0.1) is 0 Å². The van der Waals surface area contributed by atoms with E-state index in [1.807, 2.05) is 36.2 Å². The van der Waals surface area contributed by atoms with Gasteiger partial charge in [-0.3, -0.25) is 9.69 Å². The van der Waals surface area contributed by atoms with Gasteiger partial charge in [0.15, 0.2) is 0 Å². The molecule has 104 valence electrons. The third kappa shape index (κ3) is 2.42. The van der Waals surface area contributed by atoms with Crippen LogP contribution in [0.1, 0.15) is 5.82 Å². The number of likely N-dealkylation sites (N-methyl/N-ethyl adjacent to an activating group) is 1. The van der Waals surface area contributed by atoms with E-state index in [2.05, 4.69) is 9.97 Å². The van der Waals surface area contributed by atoms with Crippen LogP contribution in [-0.2, 0) is 11.3 Å². The molecule has 1 aliphatic rings. The maximum Gasteiger partial charge on any atom is 0.236 e. The van der Waals surface area contributed by atoms with Crippen molar-refractivity contribution in [3.8, 4) is 0 Å². The Kier molecular flexibility index (Phi) is 3.23. The van der Waals surface area contributed by atoms with Crippen molar-refractivity contribution in [2.75, 3.05) is 32.4 Å². The number of fused-ring (bicyclic) bond motifs is 1. The Morgan fingerprint density at radius 1 is 1.25 bits per heavy atom. The summed E-state index contributed by atoms with van der Waals surface area (Å²) in [5.41, 5.74) is 6.81. The number of hydrogen-bond donors (Lipinski definition) is 1. The van der Waals surface area contributed by atoms with E-state index in [-0.39, 0.29) is 5.91 Å². The number of benzene rings is 1. The summed E-state index contributed by atoms with van der Waals surface area (Å²) in [5, 5.41) is 0.866. The summed E-state index contributed by atoms with van der Waals surface area (Å²) in [7, 11) is 1.82. The van der Waals surface area contributed by atoms with Crippen LogP contribution in [0.2, 0.25) is 0 Å². The predicted octanol–water partition coefficient (Wildman–Crippen LogP) is 0.486. The standard InChI is InChI=1S/C14H17N5O/c1-18-6-7-19(9-13(18)20)8-12-16-11-5-3-2-4-10(11)14(15)17-12/h2-5H,6-9H2,1H3,(H2,15,16,17). The van der Waals surface area contributed by atoms with Crippen molar-refractivity contribution in [3.05, 3.63) is 30.1 Å². The number of carbonyl (C=O) groups excluding carboxylic acids is 1. The van der Waals surface area contributed by atoms with Crippen LogP contribution in [0.25, 0.3) is 10.9 Å². The molecule has 0 atom stereocenters. The van der Waals surface area contributed by atoms with Gasteiger partial charge in [0.25, 0.3) is 0 Å². The molecule has 0 saturated carbocycles. The van der Waals surface area contributed by atoms with E-state index in [1.165, 1.54) is 0 Å². The largest absolute Gasteiger partial charge is 0.383 e. The van der Waals surface area contributed by atoms with Crippen LogP contribution in [0, 0.1) is 0 Å². The lowest BCUT2D eigenvalue weighted by atomic mass is 10.2. The summed E-state index contributed by atoms with van der Waals surface area (Å²) in [5.74, 6) is 1.29. The lowest BCUT2D eigenvalue weighted by Gasteiger charge is -2.31. The summed E-state index contributed by atoms with van der Waals surface area (Å²) < 4.78 is 0. The lowest BCUT2D eigenvalue weighted by Crippen LogP contribution is -2.48. The molecule has 1 aromatic carbocycles.